The Kier molecular flexibility index (Phi) is 2.56. The van der Waals surface area contributed by atoms with Crippen LogP contribution in [0.25, 0.3) is 0 Å². The van der Waals surface area contributed by atoms with E-state index in [4.69, 9.17) is 11.6 Å². The van der Waals surface area contributed by atoms with E-state index in [1.807, 2.05) is 12.1 Å². The second kappa shape index (κ2) is 4.10. The molecule has 2 aliphatic rings. The molecule has 2 amide bonds. The summed E-state index contributed by atoms with van der Waals surface area (Å²) in [5, 5.41) is 2.89. The topological polar surface area (TPSA) is 61.8 Å². The molecule has 2 heterocycles. The monoisotopic (exact) mass is 263 g/mol. The number of fused-ring (bicyclic) bond motifs is 1. The molecule has 1 saturated heterocycles. The van der Waals surface area contributed by atoms with E-state index in [2.05, 4.69) is 10.3 Å². The van der Waals surface area contributed by atoms with E-state index in [1.54, 1.807) is 17.3 Å². The smallest absolute Gasteiger partial charge is 0.249 e. The molecule has 5 nitrogen and oxygen atoms in total. The number of hydrogen-bond donors (Lipinski definition) is 1. The zero-order valence-corrected chi connectivity index (χ0v) is 10.1. The first-order valence-electron chi connectivity index (χ1n) is 5.56. The quantitative estimate of drug-likeness (QED) is 0.775. The average Bonchev–Trinajstić information content (AvgIpc) is 2.68. The number of carbonyl (C=O) groups excluding carboxylic acids is 2. The number of imide groups is 1. The summed E-state index contributed by atoms with van der Waals surface area (Å²) in [5.74, 6) is -0.507. The van der Waals surface area contributed by atoms with Gasteiger partial charge in [0.25, 0.3) is 0 Å². The van der Waals surface area contributed by atoms with E-state index in [0.717, 1.165) is 11.3 Å². The van der Waals surface area contributed by atoms with E-state index in [-0.39, 0.29) is 18.2 Å². The van der Waals surface area contributed by atoms with Crippen LogP contribution in [0.5, 0.6) is 0 Å². The lowest BCUT2D eigenvalue weighted by Crippen LogP contribution is -2.40. The summed E-state index contributed by atoms with van der Waals surface area (Å²) < 4.78 is 0. The second-order valence-corrected chi connectivity index (χ2v) is 4.70. The lowest BCUT2D eigenvalue weighted by Gasteiger charge is -2.28. The third-order valence-corrected chi connectivity index (χ3v) is 3.41. The van der Waals surface area contributed by atoms with Crippen molar-refractivity contribution < 1.29 is 9.59 Å². The lowest BCUT2D eigenvalue weighted by molar-refractivity contribution is -0.125. The second-order valence-electron chi connectivity index (χ2n) is 4.30. The molecule has 92 valence electrons. The SMILES string of the molecule is O=C1CC(N2C=Nc3c(Cl)cccc3C2)C(=O)N1. The molecule has 1 unspecified atom stereocenters. The number of carbonyl (C=O) groups is 2. The third kappa shape index (κ3) is 1.76. The number of amides is 2. The molecule has 2 aliphatic heterocycles. The molecule has 3 rings (SSSR count). The van der Waals surface area contributed by atoms with E-state index >= 15 is 0 Å². The molecule has 0 aromatic heterocycles. The largest absolute Gasteiger partial charge is 0.346 e. The standard InChI is InChI=1S/C12H10ClN3O2/c13-8-3-1-2-7-5-16(6-14-11(7)8)9-4-10(17)15-12(9)18/h1-3,6,9H,4-5H2,(H,15,17,18). The fourth-order valence-electron chi connectivity index (χ4n) is 2.20. The Morgan fingerprint density at radius 2 is 2.22 bits per heavy atom. The predicted octanol–water partition coefficient (Wildman–Crippen LogP) is 1.23. The third-order valence-electron chi connectivity index (χ3n) is 3.10. The summed E-state index contributed by atoms with van der Waals surface area (Å²) in [5.41, 5.74) is 1.69. The number of para-hydroxylation sites is 1. The predicted molar refractivity (Wildman–Crippen MR) is 66.7 cm³/mol. The van der Waals surface area contributed by atoms with Gasteiger partial charge in [-0.15, -0.1) is 0 Å². The molecule has 1 aromatic rings. The number of benzene rings is 1. The van der Waals surface area contributed by atoms with Gasteiger partial charge in [0.15, 0.2) is 0 Å². The molecule has 1 atom stereocenters. The fourth-order valence-corrected chi connectivity index (χ4v) is 2.44. The molecule has 1 fully saturated rings. The molecule has 0 bridgehead atoms. The number of nitrogens with zero attached hydrogens (tertiary/aromatic N) is 2. The van der Waals surface area contributed by atoms with Gasteiger partial charge in [0.1, 0.15) is 6.04 Å². The van der Waals surface area contributed by atoms with Crippen LogP contribution in [-0.4, -0.2) is 29.1 Å². The van der Waals surface area contributed by atoms with Crippen LogP contribution in [0.4, 0.5) is 5.69 Å². The van der Waals surface area contributed by atoms with E-state index in [9.17, 15) is 9.59 Å². The summed E-state index contributed by atoms with van der Waals surface area (Å²) in [7, 11) is 0. The van der Waals surface area contributed by atoms with Crippen LogP contribution in [0.15, 0.2) is 23.2 Å². The minimum atomic E-state index is -0.464. The molecular formula is C12H10ClN3O2. The first-order chi connectivity index (χ1) is 8.65. The van der Waals surface area contributed by atoms with Crippen molar-refractivity contribution in [2.45, 2.75) is 19.0 Å². The van der Waals surface area contributed by atoms with Crippen molar-refractivity contribution in [3.8, 4) is 0 Å². The molecule has 6 heteroatoms. The Morgan fingerprint density at radius 1 is 1.39 bits per heavy atom. The Morgan fingerprint density at radius 3 is 2.94 bits per heavy atom. The van der Waals surface area contributed by atoms with Crippen LogP contribution in [0, 0.1) is 0 Å². The minimum Gasteiger partial charge on any atom is -0.346 e. The van der Waals surface area contributed by atoms with Crippen molar-refractivity contribution >= 4 is 35.4 Å². The number of hydrogen-bond acceptors (Lipinski definition) is 4. The highest BCUT2D eigenvalue weighted by molar-refractivity contribution is 6.33. The van der Waals surface area contributed by atoms with Crippen molar-refractivity contribution in [3.63, 3.8) is 0 Å². The maximum atomic E-state index is 11.6. The van der Waals surface area contributed by atoms with Crippen LogP contribution < -0.4 is 5.32 Å². The first kappa shape index (κ1) is 11.2. The van der Waals surface area contributed by atoms with Gasteiger partial charge in [0.2, 0.25) is 11.8 Å². The molecular weight excluding hydrogens is 254 g/mol. The zero-order chi connectivity index (χ0) is 12.7. The highest BCUT2D eigenvalue weighted by atomic mass is 35.5. The number of halogens is 1. The van der Waals surface area contributed by atoms with E-state index in [0.29, 0.717) is 11.6 Å². The van der Waals surface area contributed by atoms with Gasteiger partial charge >= 0.3 is 0 Å². The van der Waals surface area contributed by atoms with Gasteiger partial charge in [-0.2, -0.15) is 0 Å². The highest BCUT2D eigenvalue weighted by Crippen LogP contribution is 2.32. The molecule has 0 spiro atoms. The normalized spacial score (nSPS) is 22.1. The Bertz CT molecular complexity index is 570. The molecule has 18 heavy (non-hydrogen) atoms. The van der Waals surface area contributed by atoms with Gasteiger partial charge < -0.3 is 4.90 Å². The maximum Gasteiger partial charge on any atom is 0.249 e. The van der Waals surface area contributed by atoms with Crippen molar-refractivity contribution in [1.29, 1.82) is 0 Å². The Balaban J connectivity index is 1.88. The summed E-state index contributed by atoms with van der Waals surface area (Å²) >= 11 is 6.04. The summed E-state index contributed by atoms with van der Waals surface area (Å²) in [6.45, 7) is 0.532. The van der Waals surface area contributed by atoms with Crippen molar-refractivity contribution in [2.75, 3.05) is 0 Å². The van der Waals surface area contributed by atoms with Gasteiger partial charge in [0, 0.05) is 6.54 Å². The average molecular weight is 264 g/mol. The highest BCUT2D eigenvalue weighted by Gasteiger charge is 2.35. The molecule has 0 aliphatic carbocycles. The number of nitrogens with one attached hydrogen (secondary N) is 1. The zero-order valence-electron chi connectivity index (χ0n) is 9.39. The Hall–Kier alpha value is -1.88. The fraction of sp³-hybridized carbons (Fsp3) is 0.250. The van der Waals surface area contributed by atoms with E-state index in [1.165, 1.54) is 0 Å². The molecule has 1 aromatic carbocycles. The number of aliphatic imine (C=N–C) groups is 1. The van der Waals surface area contributed by atoms with Gasteiger partial charge in [-0.05, 0) is 11.6 Å². The summed E-state index contributed by atoms with van der Waals surface area (Å²) in [6, 6.07) is 5.08. The summed E-state index contributed by atoms with van der Waals surface area (Å²) in [4.78, 5) is 28.8. The maximum absolute atomic E-state index is 11.6. The van der Waals surface area contributed by atoms with Gasteiger partial charge in [-0.3, -0.25) is 14.9 Å². The van der Waals surface area contributed by atoms with Crippen LogP contribution >= 0.6 is 11.6 Å². The van der Waals surface area contributed by atoms with Crippen LogP contribution in [0.2, 0.25) is 5.02 Å². The lowest BCUT2D eigenvalue weighted by atomic mass is 10.1. The van der Waals surface area contributed by atoms with Gasteiger partial charge in [-0.25, -0.2) is 4.99 Å². The number of rotatable bonds is 1. The molecule has 0 radical (unpaired) electrons. The van der Waals surface area contributed by atoms with E-state index < -0.39 is 6.04 Å². The Labute approximate surface area is 108 Å². The first-order valence-corrected chi connectivity index (χ1v) is 5.94. The summed E-state index contributed by atoms with van der Waals surface area (Å²) in [6.07, 6.45) is 1.76. The van der Waals surface area contributed by atoms with Gasteiger partial charge in [-0.1, -0.05) is 23.7 Å². The van der Waals surface area contributed by atoms with Crippen LogP contribution in [-0.2, 0) is 16.1 Å². The van der Waals surface area contributed by atoms with Crippen molar-refractivity contribution in [1.82, 2.24) is 10.2 Å². The molecule has 1 N–H and O–H groups in total. The molecule has 0 saturated carbocycles. The van der Waals surface area contributed by atoms with Crippen molar-refractivity contribution in [3.05, 3.63) is 28.8 Å². The van der Waals surface area contributed by atoms with Crippen LogP contribution in [0.1, 0.15) is 12.0 Å². The van der Waals surface area contributed by atoms with Crippen LogP contribution in [0.3, 0.4) is 0 Å². The minimum absolute atomic E-state index is 0.181. The van der Waals surface area contributed by atoms with Gasteiger partial charge in [0.05, 0.1) is 23.5 Å². The van der Waals surface area contributed by atoms with Crippen molar-refractivity contribution in [2.24, 2.45) is 4.99 Å².